The van der Waals surface area contributed by atoms with E-state index in [4.69, 9.17) is 9.47 Å². The van der Waals surface area contributed by atoms with E-state index in [9.17, 15) is 8.42 Å². The highest BCUT2D eigenvalue weighted by atomic mass is 32.2. The van der Waals surface area contributed by atoms with Crippen molar-refractivity contribution in [3.8, 4) is 11.5 Å². The summed E-state index contributed by atoms with van der Waals surface area (Å²) in [5.74, 6) is 1.03. The van der Waals surface area contributed by atoms with Gasteiger partial charge in [0.15, 0.2) is 11.5 Å². The minimum atomic E-state index is -3.83. The zero-order valence-corrected chi connectivity index (χ0v) is 19.2. The second-order valence-corrected chi connectivity index (χ2v) is 10.6. The van der Waals surface area contributed by atoms with Gasteiger partial charge in [0.1, 0.15) is 0 Å². The number of ether oxygens (including phenoxy) is 2. The molecule has 4 aromatic rings. The number of hydrogen-bond acceptors (Lipinski definition) is 5. The monoisotopic (exact) mass is 465 g/mol. The third kappa shape index (κ3) is 4.11. The Bertz CT molecular complexity index is 1340. The fourth-order valence-corrected chi connectivity index (χ4v) is 6.28. The van der Waals surface area contributed by atoms with Crippen LogP contribution in [-0.2, 0) is 10.0 Å². The molecule has 0 radical (unpaired) electrons. The minimum absolute atomic E-state index is 0.154. The molecule has 5 nitrogen and oxygen atoms in total. The number of thiophene rings is 1. The number of aryl methyl sites for hydroxylation is 1. The first kappa shape index (κ1) is 21.0. The van der Waals surface area contributed by atoms with Gasteiger partial charge in [-0.1, -0.05) is 42.5 Å². The van der Waals surface area contributed by atoms with Crippen molar-refractivity contribution in [3.63, 3.8) is 0 Å². The fourth-order valence-electron chi connectivity index (χ4n) is 3.86. The lowest BCUT2D eigenvalue weighted by atomic mass is 10.0. The van der Waals surface area contributed by atoms with Crippen LogP contribution in [0.2, 0.25) is 0 Å². The van der Waals surface area contributed by atoms with Gasteiger partial charge in [-0.05, 0) is 47.7 Å². The van der Waals surface area contributed by atoms with Gasteiger partial charge in [0, 0.05) is 22.1 Å². The molecule has 2 heterocycles. The quantitative estimate of drug-likeness (QED) is 0.426. The van der Waals surface area contributed by atoms with E-state index >= 15 is 0 Å². The van der Waals surface area contributed by atoms with Crippen molar-refractivity contribution in [1.29, 1.82) is 0 Å². The summed E-state index contributed by atoms with van der Waals surface area (Å²) in [6.45, 7) is 3.05. The molecule has 1 atom stereocenters. The maximum Gasteiger partial charge on any atom is 0.241 e. The van der Waals surface area contributed by atoms with Gasteiger partial charge in [-0.3, -0.25) is 0 Å². The Morgan fingerprint density at radius 1 is 0.906 bits per heavy atom. The van der Waals surface area contributed by atoms with Gasteiger partial charge in [0.05, 0.1) is 24.2 Å². The van der Waals surface area contributed by atoms with E-state index in [2.05, 4.69) is 16.9 Å². The van der Waals surface area contributed by atoms with Crippen LogP contribution < -0.4 is 14.2 Å². The van der Waals surface area contributed by atoms with Crippen LogP contribution >= 0.6 is 11.3 Å². The van der Waals surface area contributed by atoms with Crippen LogP contribution in [0.5, 0.6) is 11.5 Å². The van der Waals surface area contributed by atoms with Crippen molar-refractivity contribution >= 4 is 31.4 Å². The van der Waals surface area contributed by atoms with Crippen molar-refractivity contribution in [3.05, 3.63) is 88.8 Å². The van der Waals surface area contributed by atoms with E-state index in [1.165, 1.54) is 0 Å². The van der Waals surface area contributed by atoms with E-state index in [0.29, 0.717) is 24.7 Å². The normalized spacial score (nSPS) is 14.8. The second kappa shape index (κ2) is 8.58. The summed E-state index contributed by atoms with van der Waals surface area (Å²) in [5, 5.41) is 1.10. The Morgan fingerprint density at radius 3 is 2.47 bits per heavy atom. The first-order valence-electron chi connectivity index (χ1n) is 10.5. The summed E-state index contributed by atoms with van der Waals surface area (Å²) in [4.78, 5) is 1.10. The van der Waals surface area contributed by atoms with Gasteiger partial charge in [0.25, 0.3) is 0 Å². The topological polar surface area (TPSA) is 64.6 Å². The zero-order chi connectivity index (χ0) is 22.1. The number of sulfonamides is 1. The standard InChI is InChI=1S/C25H23NO4S2/c1-17-7-2-4-9-20(17)25(24-15-18-8-3-5-10-23(18)31-24)26-32(27,28)19-11-12-21-22(16-19)30-14-6-13-29-21/h2-5,7-12,15-16,25-26H,6,13-14H2,1H3. The Hall–Kier alpha value is -2.87. The van der Waals surface area contributed by atoms with Crippen LogP contribution in [0, 0.1) is 6.92 Å². The van der Waals surface area contributed by atoms with Crippen molar-refractivity contribution in [2.24, 2.45) is 0 Å². The molecule has 0 spiro atoms. The molecular weight excluding hydrogens is 442 g/mol. The van der Waals surface area contributed by atoms with E-state index in [1.54, 1.807) is 29.5 Å². The van der Waals surface area contributed by atoms with Gasteiger partial charge in [0.2, 0.25) is 10.0 Å². The van der Waals surface area contributed by atoms with Crippen LogP contribution in [0.15, 0.2) is 77.7 Å². The molecule has 1 unspecified atom stereocenters. The molecule has 164 valence electrons. The lowest BCUT2D eigenvalue weighted by Crippen LogP contribution is -2.29. The van der Waals surface area contributed by atoms with Gasteiger partial charge < -0.3 is 9.47 Å². The molecule has 3 aromatic carbocycles. The lowest BCUT2D eigenvalue weighted by Gasteiger charge is -2.20. The predicted octanol–water partition coefficient (Wildman–Crippen LogP) is 5.44. The summed E-state index contributed by atoms with van der Waals surface area (Å²) in [6.07, 6.45) is 0.760. The molecule has 0 fully saturated rings. The average Bonchev–Trinajstić information content (AvgIpc) is 3.08. The molecule has 0 saturated heterocycles. The van der Waals surface area contributed by atoms with Crippen LogP contribution in [0.1, 0.15) is 28.5 Å². The largest absolute Gasteiger partial charge is 0.490 e. The third-order valence-corrected chi connectivity index (χ3v) is 8.13. The average molecular weight is 466 g/mol. The number of rotatable bonds is 5. The van der Waals surface area contributed by atoms with E-state index < -0.39 is 16.1 Å². The van der Waals surface area contributed by atoms with Gasteiger partial charge in [-0.15, -0.1) is 11.3 Å². The Kier molecular flexibility index (Phi) is 5.63. The maximum absolute atomic E-state index is 13.5. The SMILES string of the molecule is Cc1ccccc1C(NS(=O)(=O)c1ccc2c(c1)OCCCO2)c1cc2ccccc2s1. The van der Waals surface area contributed by atoms with Crippen LogP contribution in [-0.4, -0.2) is 21.6 Å². The third-order valence-electron chi connectivity index (χ3n) is 5.53. The van der Waals surface area contributed by atoms with Crippen molar-refractivity contribution in [1.82, 2.24) is 4.72 Å². The van der Waals surface area contributed by atoms with Gasteiger partial charge in [-0.25, -0.2) is 8.42 Å². The number of nitrogens with one attached hydrogen (secondary N) is 1. The first-order chi connectivity index (χ1) is 15.5. The predicted molar refractivity (Wildman–Crippen MR) is 127 cm³/mol. The minimum Gasteiger partial charge on any atom is -0.490 e. The highest BCUT2D eigenvalue weighted by Crippen LogP contribution is 2.36. The molecule has 0 saturated carbocycles. The molecule has 1 N–H and O–H groups in total. The summed E-state index contributed by atoms with van der Waals surface area (Å²) >= 11 is 1.60. The second-order valence-electron chi connectivity index (χ2n) is 7.76. The van der Waals surface area contributed by atoms with Gasteiger partial charge in [-0.2, -0.15) is 4.72 Å². The van der Waals surface area contributed by atoms with Gasteiger partial charge >= 0.3 is 0 Å². The molecule has 7 heteroatoms. The fraction of sp³-hybridized carbons (Fsp3) is 0.200. The van der Waals surface area contributed by atoms with Crippen molar-refractivity contribution in [2.75, 3.05) is 13.2 Å². The highest BCUT2D eigenvalue weighted by molar-refractivity contribution is 7.89. The maximum atomic E-state index is 13.5. The zero-order valence-electron chi connectivity index (χ0n) is 17.6. The highest BCUT2D eigenvalue weighted by Gasteiger charge is 2.27. The molecule has 1 aromatic heterocycles. The Morgan fingerprint density at radius 2 is 1.66 bits per heavy atom. The molecule has 0 aliphatic carbocycles. The molecule has 5 rings (SSSR count). The van der Waals surface area contributed by atoms with Crippen LogP contribution in [0.4, 0.5) is 0 Å². The molecule has 1 aliphatic rings. The summed E-state index contributed by atoms with van der Waals surface area (Å²) < 4.78 is 42.4. The number of benzene rings is 3. The van der Waals surface area contributed by atoms with E-state index in [0.717, 1.165) is 32.5 Å². The molecule has 1 aliphatic heterocycles. The van der Waals surface area contributed by atoms with E-state index in [-0.39, 0.29) is 4.90 Å². The Labute approximate surface area is 191 Å². The van der Waals surface area contributed by atoms with Crippen molar-refractivity contribution < 1.29 is 17.9 Å². The number of fused-ring (bicyclic) bond motifs is 2. The molecule has 32 heavy (non-hydrogen) atoms. The number of hydrogen-bond donors (Lipinski definition) is 1. The van der Waals surface area contributed by atoms with Crippen LogP contribution in [0.3, 0.4) is 0 Å². The summed E-state index contributed by atoms with van der Waals surface area (Å²) in [6, 6.07) is 22.3. The summed E-state index contributed by atoms with van der Waals surface area (Å²) in [5.41, 5.74) is 1.95. The summed E-state index contributed by atoms with van der Waals surface area (Å²) in [7, 11) is -3.83. The van der Waals surface area contributed by atoms with Crippen molar-refractivity contribution in [2.45, 2.75) is 24.3 Å². The van der Waals surface area contributed by atoms with E-state index in [1.807, 2.05) is 49.4 Å². The molecule has 0 amide bonds. The molecule has 0 bridgehead atoms. The molecular formula is C25H23NO4S2. The smallest absolute Gasteiger partial charge is 0.241 e. The first-order valence-corrected chi connectivity index (χ1v) is 12.8. The Balaban J connectivity index is 1.56. The van der Waals surface area contributed by atoms with Crippen LogP contribution in [0.25, 0.3) is 10.1 Å². The lowest BCUT2D eigenvalue weighted by molar-refractivity contribution is 0.297.